The van der Waals surface area contributed by atoms with Crippen molar-refractivity contribution in [3.05, 3.63) is 0 Å². The monoisotopic (exact) mass is 156 g/mol. The van der Waals surface area contributed by atoms with Gasteiger partial charge in [-0.05, 0) is 46.8 Å². The highest BCUT2D eigenvalue weighted by Gasteiger charge is 2.22. The van der Waals surface area contributed by atoms with Crippen molar-refractivity contribution < 1.29 is 0 Å². The number of nitrogens with zero attached hydrogens (tertiary/aromatic N) is 1. The summed E-state index contributed by atoms with van der Waals surface area (Å²) in [7, 11) is 2.03. The van der Waals surface area contributed by atoms with Crippen molar-refractivity contribution in [3.8, 4) is 0 Å². The van der Waals surface area contributed by atoms with Crippen molar-refractivity contribution in [1.29, 1.82) is 0 Å². The van der Waals surface area contributed by atoms with Crippen molar-refractivity contribution in [2.24, 2.45) is 0 Å². The van der Waals surface area contributed by atoms with Crippen LogP contribution >= 0.6 is 0 Å². The molecule has 0 saturated carbocycles. The molecule has 1 fully saturated rings. The molecule has 2 heteroatoms. The maximum atomic E-state index is 3.26. The van der Waals surface area contributed by atoms with Crippen LogP contribution in [0.2, 0.25) is 0 Å². The van der Waals surface area contributed by atoms with Gasteiger partial charge in [-0.1, -0.05) is 0 Å². The van der Waals surface area contributed by atoms with Crippen LogP contribution in [0.3, 0.4) is 0 Å². The van der Waals surface area contributed by atoms with E-state index in [9.17, 15) is 0 Å². The molecule has 2 nitrogen and oxygen atoms in total. The highest BCUT2D eigenvalue weighted by atomic mass is 15.2. The summed E-state index contributed by atoms with van der Waals surface area (Å²) < 4.78 is 0. The topological polar surface area (TPSA) is 15.3 Å². The quantitative estimate of drug-likeness (QED) is 0.655. The van der Waals surface area contributed by atoms with E-state index in [2.05, 4.69) is 24.1 Å². The van der Waals surface area contributed by atoms with Crippen LogP contribution in [0, 0.1) is 0 Å². The number of rotatable bonds is 4. The van der Waals surface area contributed by atoms with Crippen LogP contribution in [0.1, 0.15) is 26.7 Å². The maximum absolute atomic E-state index is 3.26. The average Bonchev–Trinajstić information content (AvgIpc) is 2.01. The standard InChI is InChI=1S/C9H20N2/c1-8(10-3)4-6-11-7-5-9(11)2/h8-10H,4-7H2,1-3H3. The molecule has 0 amide bonds. The van der Waals surface area contributed by atoms with Crippen molar-refractivity contribution >= 4 is 0 Å². The lowest BCUT2D eigenvalue weighted by Crippen LogP contribution is -2.47. The van der Waals surface area contributed by atoms with Gasteiger partial charge in [0.1, 0.15) is 0 Å². The van der Waals surface area contributed by atoms with Gasteiger partial charge in [0.25, 0.3) is 0 Å². The molecule has 0 aromatic heterocycles. The summed E-state index contributed by atoms with van der Waals surface area (Å²) in [4.78, 5) is 2.55. The molecular weight excluding hydrogens is 136 g/mol. The van der Waals surface area contributed by atoms with Gasteiger partial charge in [-0.3, -0.25) is 0 Å². The molecule has 11 heavy (non-hydrogen) atoms. The Hall–Kier alpha value is -0.0800. The molecule has 1 rings (SSSR count). The number of hydrogen-bond acceptors (Lipinski definition) is 2. The minimum atomic E-state index is 0.669. The Morgan fingerprint density at radius 3 is 2.73 bits per heavy atom. The Bertz CT molecular complexity index is 114. The second-order valence-corrected chi connectivity index (χ2v) is 3.65. The predicted octanol–water partition coefficient (Wildman–Crippen LogP) is 1.08. The Kier molecular flexibility index (Phi) is 3.34. The second-order valence-electron chi connectivity index (χ2n) is 3.65. The van der Waals surface area contributed by atoms with Gasteiger partial charge in [-0.15, -0.1) is 0 Å². The van der Waals surface area contributed by atoms with Crippen molar-refractivity contribution in [1.82, 2.24) is 10.2 Å². The Morgan fingerprint density at radius 1 is 1.64 bits per heavy atom. The first-order valence-electron chi connectivity index (χ1n) is 4.65. The summed E-state index contributed by atoms with van der Waals surface area (Å²) in [5.74, 6) is 0. The maximum Gasteiger partial charge on any atom is 0.00791 e. The first-order chi connectivity index (χ1) is 5.24. The first kappa shape index (κ1) is 9.01. The van der Waals surface area contributed by atoms with Crippen molar-refractivity contribution in [3.63, 3.8) is 0 Å². The fraction of sp³-hybridized carbons (Fsp3) is 1.00. The van der Waals surface area contributed by atoms with Crippen LogP contribution in [-0.4, -0.2) is 37.1 Å². The van der Waals surface area contributed by atoms with Crippen LogP contribution in [0.5, 0.6) is 0 Å². The molecule has 0 aromatic rings. The van der Waals surface area contributed by atoms with Crippen molar-refractivity contribution in [2.75, 3.05) is 20.1 Å². The third-order valence-electron chi connectivity index (χ3n) is 2.80. The lowest BCUT2D eigenvalue weighted by molar-refractivity contribution is 0.100. The molecule has 0 aromatic carbocycles. The Balaban J connectivity index is 2.02. The molecule has 1 aliphatic heterocycles. The summed E-state index contributed by atoms with van der Waals surface area (Å²) in [5.41, 5.74) is 0. The zero-order chi connectivity index (χ0) is 8.27. The Labute approximate surface area is 70.0 Å². The van der Waals surface area contributed by atoms with Gasteiger partial charge in [-0.25, -0.2) is 0 Å². The minimum Gasteiger partial charge on any atom is -0.317 e. The summed E-state index contributed by atoms with van der Waals surface area (Å²) in [6, 6.07) is 1.52. The summed E-state index contributed by atoms with van der Waals surface area (Å²) >= 11 is 0. The van der Waals surface area contributed by atoms with E-state index in [0.717, 1.165) is 6.04 Å². The van der Waals surface area contributed by atoms with Crippen LogP contribution in [0.4, 0.5) is 0 Å². The molecule has 1 heterocycles. The Morgan fingerprint density at radius 2 is 2.36 bits per heavy atom. The van der Waals surface area contributed by atoms with Gasteiger partial charge < -0.3 is 10.2 Å². The largest absolute Gasteiger partial charge is 0.317 e. The third-order valence-corrected chi connectivity index (χ3v) is 2.80. The van der Waals surface area contributed by atoms with E-state index >= 15 is 0 Å². The first-order valence-corrected chi connectivity index (χ1v) is 4.65. The lowest BCUT2D eigenvalue weighted by Gasteiger charge is -2.39. The number of nitrogens with one attached hydrogen (secondary N) is 1. The van der Waals surface area contributed by atoms with E-state index in [-0.39, 0.29) is 0 Å². The zero-order valence-electron chi connectivity index (χ0n) is 7.93. The number of likely N-dealkylation sites (tertiary alicyclic amines) is 1. The fourth-order valence-electron chi connectivity index (χ4n) is 1.41. The molecule has 1 N–H and O–H groups in total. The predicted molar refractivity (Wildman–Crippen MR) is 48.8 cm³/mol. The molecule has 0 radical (unpaired) electrons. The average molecular weight is 156 g/mol. The van der Waals surface area contributed by atoms with Gasteiger partial charge in [0.15, 0.2) is 0 Å². The van der Waals surface area contributed by atoms with E-state index < -0.39 is 0 Å². The van der Waals surface area contributed by atoms with Crippen LogP contribution < -0.4 is 5.32 Å². The molecule has 1 saturated heterocycles. The highest BCUT2D eigenvalue weighted by Crippen LogP contribution is 2.16. The fourth-order valence-corrected chi connectivity index (χ4v) is 1.41. The SMILES string of the molecule is CNC(C)CCN1CCC1C. The van der Waals surface area contributed by atoms with Gasteiger partial charge >= 0.3 is 0 Å². The molecule has 1 aliphatic rings. The van der Waals surface area contributed by atoms with Crippen LogP contribution in [0.15, 0.2) is 0 Å². The van der Waals surface area contributed by atoms with E-state index in [1.807, 2.05) is 7.05 Å². The minimum absolute atomic E-state index is 0.669. The van der Waals surface area contributed by atoms with E-state index in [0.29, 0.717) is 6.04 Å². The van der Waals surface area contributed by atoms with Gasteiger partial charge in [0.05, 0.1) is 0 Å². The van der Waals surface area contributed by atoms with E-state index in [1.165, 1.54) is 25.9 Å². The van der Waals surface area contributed by atoms with E-state index in [4.69, 9.17) is 0 Å². The highest BCUT2D eigenvalue weighted by molar-refractivity contribution is 4.79. The summed E-state index contributed by atoms with van der Waals surface area (Å²) in [6.07, 6.45) is 2.68. The molecule has 2 atom stereocenters. The molecular formula is C9H20N2. The number of hydrogen-bond donors (Lipinski definition) is 1. The second kappa shape index (κ2) is 4.07. The molecule has 2 unspecified atom stereocenters. The van der Waals surface area contributed by atoms with Crippen molar-refractivity contribution in [2.45, 2.75) is 38.8 Å². The van der Waals surface area contributed by atoms with E-state index in [1.54, 1.807) is 0 Å². The summed E-state index contributed by atoms with van der Waals surface area (Å²) in [6.45, 7) is 7.14. The summed E-state index contributed by atoms with van der Waals surface area (Å²) in [5, 5.41) is 3.26. The molecule has 0 spiro atoms. The zero-order valence-corrected chi connectivity index (χ0v) is 7.93. The molecule has 0 bridgehead atoms. The molecule has 0 aliphatic carbocycles. The van der Waals surface area contributed by atoms with Gasteiger partial charge in [0.2, 0.25) is 0 Å². The van der Waals surface area contributed by atoms with Crippen LogP contribution in [-0.2, 0) is 0 Å². The normalized spacial score (nSPS) is 28.1. The third kappa shape index (κ3) is 2.46. The smallest absolute Gasteiger partial charge is 0.00791 e. The van der Waals surface area contributed by atoms with Gasteiger partial charge in [-0.2, -0.15) is 0 Å². The van der Waals surface area contributed by atoms with Gasteiger partial charge in [0, 0.05) is 12.1 Å². The molecule has 66 valence electrons. The lowest BCUT2D eigenvalue weighted by atomic mass is 10.0. The van der Waals surface area contributed by atoms with Crippen LogP contribution in [0.25, 0.3) is 0 Å².